The maximum Gasteiger partial charge on any atom is 0.0596 e. The molecule has 0 bridgehead atoms. The molecule has 1 aliphatic heterocycles. The normalized spacial score (nSPS) is 25.0. The van der Waals surface area contributed by atoms with Gasteiger partial charge in [-0.3, -0.25) is 9.80 Å². The summed E-state index contributed by atoms with van der Waals surface area (Å²) >= 11 is 0. The summed E-state index contributed by atoms with van der Waals surface area (Å²) in [6.45, 7) is 11.2. The van der Waals surface area contributed by atoms with Gasteiger partial charge in [0.15, 0.2) is 0 Å². The third-order valence-electron chi connectivity index (χ3n) is 3.33. The zero-order valence-corrected chi connectivity index (χ0v) is 10.1. The Morgan fingerprint density at radius 3 is 2.33 bits per heavy atom. The van der Waals surface area contributed by atoms with Crippen LogP contribution in [0.25, 0.3) is 0 Å². The number of rotatable bonds is 5. The Morgan fingerprint density at radius 1 is 1.13 bits per heavy atom. The smallest absolute Gasteiger partial charge is 0.0596 e. The first-order valence-corrected chi connectivity index (χ1v) is 6.33. The Labute approximate surface area is 93.4 Å². The van der Waals surface area contributed by atoms with Gasteiger partial charge in [0.05, 0.1) is 12.7 Å². The first kappa shape index (κ1) is 11.4. The third-order valence-corrected chi connectivity index (χ3v) is 3.33. The van der Waals surface area contributed by atoms with E-state index in [2.05, 4.69) is 23.6 Å². The molecule has 0 aromatic heterocycles. The van der Waals surface area contributed by atoms with Gasteiger partial charge in [0.1, 0.15) is 0 Å². The van der Waals surface area contributed by atoms with Crippen LogP contribution in [0.5, 0.6) is 0 Å². The Balaban J connectivity index is 1.56. The highest BCUT2D eigenvalue weighted by Gasteiger charge is 2.30. The van der Waals surface area contributed by atoms with Crippen LogP contribution in [0.1, 0.15) is 26.7 Å². The van der Waals surface area contributed by atoms with Crippen molar-refractivity contribution in [3.63, 3.8) is 0 Å². The molecule has 0 aromatic carbocycles. The number of piperazine rings is 1. The van der Waals surface area contributed by atoms with E-state index in [9.17, 15) is 0 Å². The van der Waals surface area contributed by atoms with Gasteiger partial charge in [-0.25, -0.2) is 0 Å². The summed E-state index contributed by atoms with van der Waals surface area (Å²) in [4.78, 5) is 5.18. The highest BCUT2D eigenvalue weighted by atomic mass is 16.5. The fourth-order valence-electron chi connectivity index (χ4n) is 2.21. The van der Waals surface area contributed by atoms with Crippen LogP contribution in [0, 0.1) is 0 Å². The summed E-state index contributed by atoms with van der Waals surface area (Å²) in [5.74, 6) is 0. The zero-order valence-electron chi connectivity index (χ0n) is 10.1. The van der Waals surface area contributed by atoms with E-state index in [0.717, 1.165) is 19.2 Å². The van der Waals surface area contributed by atoms with Crippen molar-refractivity contribution in [2.24, 2.45) is 0 Å². The average Bonchev–Trinajstić information content (AvgIpc) is 3.02. The second kappa shape index (κ2) is 5.28. The Bertz CT molecular complexity index is 181. The van der Waals surface area contributed by atoms with E-state index in [0.29, 0.717) is 6.10 Å². The molecule has 88 valence electrons. The fraction of sp³-hybridized carbons (Fsp3) is 1.00. The van der Waals surface area contributed by atoms with Crippen LogP contribution in [0.2, 0.25) is 0 Å². The maximum absolute atomic E-state index is 5.58. The summed E-state index contributed by atoms with van der Waals surface area (Å²) in [5, 5.41) is 0. The largest absolute Gasteiger partial charge is 0.377 e. The molecule has 0 radical (unpaired) electrons. The first-order valence-electron chi connectivity index (χ1n) is 6.33. The Morgan fingerprint density at radius 2 is 1.80 bits per heavy atom. The molecule has 15 heavy (non-hydrogen) atoms. The van der Waals surface area contributed by atoms with E-state index >= 15 is 0 Å². The topological polar surface area (TPSA) is 15.7 Å². The van der Waals surface area contributed by atoms with Gasteiger partial charge in [-0.05, 0) is 26.7 Å². The molecule has 0 spiro atoms. The maximum atomic E-state index is 5.58. The van der Waals surface area contributed by atoms with E-state index in [-0.39, 0.29) is 0 Å². The molecule has 2 aliphatic rings. The van der Waals surface area contributed by atoms with Gasteiger partial charge >= 0.3 is 0 Å². The number of hydrogen-bond acceptors (Lipinski definition) is 3. The van der Waals surface area contributed by atoms with Gasteiger partial charge in [0, 0.05) is 38.8 Å². The van der Waals surface area contributed by atoms with Crippen molar-refractivity contribution in [1.29, 1.82) is 0 Å². The van der Waals surface area contributed by atoms with Crippen molar-refractivity contribution in [2.75, 3.05) is 39.3 Å². The van der Waals surface area contributed by atoms with Gasteiger partial charge in [0.2, 0.25) is 0 Å². The molecule has 1 saturated carbocycles. The molecule has 1 saturated heterocycles. The third kappa shape index (κ3) is 3.74. The fourth-order valence-corrected chi connectivity index (χ4v) is 2.21. The minimum Gasteiger partial charge on any atom is -0.377 e. The van der Waals surface area contributed by atoms with Crippen molar-refractivity contribution >= 4 is 0 Å². The molecule has 2 fully saturated rings. The molecule has 3 nitrogen and oxygen atoms in total. The molecule has 0 atom stereocenters. The molecule has 3 heteroatoms. The standard InChI is InChI=1S/C12H24N2O/c1-11(2)15-10-9-13-5-7-14(8-6-13)12-3-4-12/h11-12H,3-10H2,1-2H3. The predicted octanol–water partition coefficient (Wildman–Crippen LogP) is 1.19. The molecular weight excluding hydrogens is 188 g/mol. The predicted molar refractivity (Wildman–Crippen MR) is 62.1 cm³/mol. The van der Waals surface area contributed by atoms with Gasteiger partial charge in [0.25, 0.3) is 0 Å². The number of hydrogen-bond donors (Lipinski definition) is 0. The van der Waals surface area contributed by atoms with Crippen molar-refractivity contribution < 1.29 is 4.74 Å². The van der Waals surface area contributed by atoms with E-state index in [1.165, 1.54) is 39.0 Å². The van der Waals surface area contributed by atoms with Gasteiger partial charge < -0.3 is 4.74 Å². The van der Waals surface area contributed by atoms with E-state index in [4.69, 9.17) is 4.74 Å². The average molecular weight is 212 g/mol. The van der Waals surface area contributed by atoms with Crippen LogP contribution in [0.4, 0.5) is 0 Å². The highest BCUT2D eigenvalue weighted by Crippen LogP contribution is 2.27. The SMILES string of the molecule is CC(C)OCCN1CCN(C2CC2)CC1. The second-order valence-electron chi connectivity index (χ2n) is 5.03. The Kier molecular flexibility index (Phi) is 4.00. The van der Waals surface area contributed by atoms with E-state index < -0.39 is 0 Å². The lowest BCUT2D eigenvalue weighted by atomic mass is 10.3. The molecule has 0 unspecified atom stereocenters. The number of ether oxygens (including phenoxy) is 1. The lowest BCUT2D eigenvalue weighted by molar-refractivity contribution is 0.0437. The molecule has 0 amide bonds. The molecule has 1 aliphatic carbocycles. The van der Waals surface area contributed by atoms with Gasteiger partial charge in [-0.1, -0.05) is 0 Å². The summed E-state index contributed by atoms with van der Waals surface area (Å²) in [7, 11) is 0. The van der Waals surface area contributed by atoms with Crippen LogP contribution in [-0.4, -0.2) is 61.3 Å². The lowest BCUT2D eigenvalue weighted by Gasteiger charge is -2.34. The van der Waals surface area contributed by atoms with Crippen LogP contribution in [-0.2, 0) is 4.74 Å². The van der Waals surface area contributed by atoms with Crippen molar-refractivity contribution in [3.8, 4) is 0 Å². The van der Waals surface area contributed by atoms with Crippen LogP contribution >= 0.6 is 0 Å². The van der Waals surface area contributed by atoms with Gasteiger partial charge in [-0.2, -0.15) is 0 Å². The highest BCUT2D eigenvalue weighted by molar-refractivity contribution is 4.87. The summed E-state index contributed by atoms with van der Waals surface area (Å²) in [6.07, 6.45) is 3.25. The molecule has 0 aromatic rings. The molecular formula is C12H24N2O. The molecule has 0 N–H and O–H groups in total. The number of nitrogens with zero attached hydrogens (tertiary/aromatic N) is 2. The summed E-state index contributed by atoms with van der Waals surface area (Å²) in [5.41, 5.74) is 0. The van der Waals surface area contributed by atoms with Crippen LogP contribution in [0.15, 0.2) is 0 Å². The van der Waals surface area contributed by atoms with Crippen LogP contribution < -0.4 is 0 Å². The molecule has 2 rings (SSSR count). The van der Waals surface area contributed by atoms with Crippen molar-refractivity contribution in [1.82, 2.24) is 9.80 Å². The minimum atomic E-state index is 0.373. The van der Waals surface area contributed by atoms with Crippen molar-refractivity contribution in [2.45, 2.75) is 38.8 Å². The minimum absolute atomic E-state index is 0.373. The second-order valence-corrected chi connectivity index (χ2v) is 5.03. The lowest BCUT2D eigenvalue weighted by Crippen LogP contribution is -2.48. The monoisotopic (exact) mass is 212 g/mol. The Hall–Kier alpha value is -0.120. The van der Waals surface area contributed by atoms with E-state index in [1.807, 2.05) is 0 Å². The first-order chi connectivity index (χ1) is 7.25. The quantitative estimate of drug-likeness (QED) is 0.681. The van der Waals surface area contributed by atoms with E-state index in [1.54, 1.807) is 0 Å². The van der Waals surface area contributed by atoms with Crippen molar-refractivity contribution in [3.05, 3.63) is 0 Å². The summed E-state index contributed by atoms with van der Waals surface area (Å²) < 4.78 is 5.58. The van der Waals surface area contributed by atoms with Crippen LogP contribution in [0.3, 0.4) is 0 Å². The van der Waals surface area contributed by atoms with Gasteiger partial charge in [-0.15, -0.1) is 0 Å². The molecule has 1 heterocycles. The summed E-state index contributed by atoms with van der Waals surface area (Å²) in [6, 6.07) is 0.944. The zero-order chi connectivity index (χ0) is 10.7.